The first-order chi connectivity index (χ1) is 11.0. The van der Waals surface area contributed by atoms with E-state index in [1.165, 1.54) is 5.56 Å². The van der Waals surface area contributed by atoms with Gasteiger partial charge in [0.15, 0.2) is 0 Å². The topological polar surface area (TPSA) is 55.4 Å². The molecule has 5 heteroatoms. The third-order valence-electron chi connectivity index (χ3n) is 3.51. The van der Waals surface area contributed by atoms with Gasteiger partial charge in [-0.1, -0.05) is 48.0 Å². The van der Waals surface area contributed by atoms with Gasteiger partial charge >= 0.3 is 0 Å². The number of sulfonamides is 1. The standard InChI is InChI=1S/C18H23NO3S/c1-15-8-9-18(16(2)14-15)22-12-11-19-23(20,21)13-10-17-6-4-3-5-7-17/h3-9,14,19H,10-13H2,1-2H3. The van der Waals surface area contributed by atoms with Crippen LogP contribution in [0.4, 0.5) is 0 Å². The fourth-order valence-electron chi connectivity index (χ4n) is 2.29. The molecule has 0 amide bonds. The van der Waals surface area contributed by atoms with Crippen LogP contribution in [0.3, 0.4) is 0 Å². The fraction of sp³-hybridized carbons (Fsp3) is 0.333. The normalized spacial score (nSPS) is 11.4. The monoisotopic (exact) mass is 333 g/mol. The largest absolute Gasteiger partial charge is 0.492 e. The summed E-state index contributed by atoms with van der Waals surface area (Å²) in [5.74, 6) is 0.875. The van der Waals surface area contributed by atoms with Crippen LogP contribution in [0.25, 0.3) is 0 Å². The highest BCUT2D eigenvalue weighted by Crippen LogP contribution is 2.18. The van der Waals surface area contributed by atoms with Gasteiger partial charge in [-0.25, -0.2) is 13.1 Å². The molecule has 1 N–H and O–H groups in total. The second-order valence-corrected chi connectivity index (χ2v) is 7.49. The first-order valence-electron chi connectivity index (χ1n) is 7.67. The van der Waals surface area contributed by atoms with Gasteiger partial charge in [0, 0.05) is 6.54 Å². The minimum atomic E-state index is -3.28. The smallest absolute Gasteiger partial charge is 0.212 e. The molecule has 2 aromatic rings. The molecule has 0 heterocycles. The maximum atomic E-state index is 12.0. The van der Waals surface area contributed by atoms with Gasteiger partial charge < -0.3 is 4.74 Å². The number of rotatable bonds is 8. The number of nitrogens with one attached hydrogen (secondary N) is 1. The van der Waals surface area contributed by atoms with Crippen molar-refractivity contribution in [2.24, 2.45) is 0 Å². The van der Waals surface area contributed by atoms with Crippen molar-refractivity contribution in [3.05, 3.63) is 65.2 Å². The molecular weight excluding hydrogens is 310 g/mol. The molecule has 0 spiro atoms. The van der Waals surface area contributed by atoms with Crippen LogP contribution < -0.4 is 9.46 Å². The van der Waals surface area contributed by atoms with Gasteiger partial charge in [-0.05, 0) is 37.5 Å². The predicted molar refractivity (Wildman–Crippen MR) is 93.3 cm³/mol. The Labute approximate surface area is 138 Å². The van der Waals surface area contributed by atoms with Crippen LogP contribution in [-0.4, -0.2) is 27.3 Å². The Hall–Kier alpha value is -1.85. The van der Waals surface area contributed by atoms with Crippen molar-refractivity contribution in [2.75, 3.05) is 18.9 Å². The van der Waals surface area contributed by atoms with Gasteiger partial charge in [-0.3, -0.25) is 0 Å². The molecule has 0 saturated carbocycles. The first-order valence-corrected chi connectivity index (χ1v) is 9.33. The number of hydrogen-bond donors (Lipinski definition) is 1. The van der Waals surface area contributed by atoms with E-state index in [4.69, 9.17) is 4.74 Å². The maximum absolute atomic E-state index is 12.0. The highest BCUT2D eigenvalue weighted by atomic mass is 32.2. The van der Waals surface area contributed by atoms with Crippen molar-refractivity contribution in [1.82, 2.24) is 4.72 Å². The van der Waals surface area contributed by atoms with Crippen molar-refractivity contribution in [1.29, 1.82) is 0 Å². The minimum Gasteiger partial charge on any atom is -0.492 e. The minimum absolute atomic E-state index is 0.0839. The van der Waals surface area contributed by atoms with Crippen LogP contribution in [0.5, 0.6) is 5.75 Å². The molecule has 0 aromatic heterocycles. The summed E-state index contributed by atoms with van der Waals surface area (Å²) in [5.41, 5.74) is 3.25. The van der Waals surface area contributed by atoms with Gasteiger partial charge in [0.05, 0.1) is 5.75 Å². The summed E-state index contributed by atoms with van der Waals surface area (Å²) in [6.45, 7) is 4.59. The SMILES string of the molecule is Cc1ccc(OCCNS(=O)(=O)CCc2ccccc2)c(C)c1. The molecule has 0 bridgehead atoms. The third kappa shape index (κ3) is 6.04. The lowest BCUT2D eigenvalue weighted by Gasteiger charge is -2.11. The maximum Gasteiger partial charge on any atom is 0.212 e. The van der Waals surface area contributed by atoms with Crippen LogP contribution in [-0.2, 0) is 16.4 Å². The zero-order valence-electron chi connectivity index (χ0n) is 13.6. The Morgan fingerprint density at radius 2 is 1.78 bits per heavy atom. The summed E-state index contributed by atoms with van der Waals surface area (Å²) in [6, 6.07) is 15.5. The highest BCUT2D eigenvalue weighted by Gasteiger charge is 2.10. The van der Waals surface area contributed by atoms with Crippen molar-refractivity contribution < 1.29 is 13.2 Å². The van der Waals surface area contributed by atoms with E-state index >= 15 is 0 Å². The average Bonchev–Trinajstić information content (AvgIpc) is 2.52. The van der Waals surface area contributed by atoms with Crippen LogP contribution in [0.2, 0.25) is 0 Å². The summed E-state index contributed by atoms with van der Waals surface area (Å²) in [7, 11) is -3.28. The molecule has 0 fully saturated rings. The van der Waals surface area contributed by atoms with Crippen molar-refractivity contribution in [3.8, 4) is 5.75 Å². The lowest BCUT2D eigenvalue weighted by molar-refractivity contribution is 0.320. The Bertz CT molecular complexity index is 727. The van der Waals surface area contributed by atoms with E-state index in [-0.39, 0.29) is 12.3 Å². The molecule has 0 aliphatic rings. The lowest BCUT2D eigenvalue weighted by Crippen LogP contribution is -2.31. The fourth-order valence-corrected chi connectivity index (χ4v) is 3.33. The zero-order valence-corrected chi connectivity index (χ0v) is 14.4. The van der Waals surface area contributed by atoms with Crippen LogP contribution in [0, 0.1) is 13.8 Å². The van der Waals surface area contributed by atoms with Gasteiger partial charge in [0.25, 0.3) is 0 Å². The highest BCUT2D eigenvalue weighted by molar-refractivity contribution is 7.89. The van der Waals surface area contributed by atoms with Gasteiger partial charge in [0.2, 0.25) is 10.0 Å². The van der Waals surface area contributed by atoms with E-state index in [0.717, 1.165) is 16.9 Å². The molecule has 0 radical (unpaired) electrons. The Morgan fingerprint density at radius 3 is 2.48 bits per heavy atom. The van der Waals surface area contributed by atoms with Gasteiger partial charge in [-0.2, -0.15) is 0 Å². The van der Waals surface area contributed by atoms with Crippen LogP contribution in [0.15, 0.2) is 48.5 Å². The Morgan fingerprint density at radius 1 is 1.04 bits per heavy atom. The molecule has 2 rings (SSSR count). The van der Waals surface area contributed by atoms with E-state index in [9.17, 15) is 8.42 Å². The molecule has 0 unspecified atom stereocenters. The van der Waals surface area contributed by atoms with Crippen LogP contribution >= 0.6 is 0 Å². The summed E-state index contributed by atoms with van der Waals surface area (Å²) < 4.78 is 32.1. The molecule has 4 nitrogen and oxygen atoms in total. The van der Waals surface area contributed by atoms with Gasteiger partial charge in [-0.15, -0.1) is 0 Å². The van der Waals surface area contributed by atoms with Crippen molar-refractivity contribution >= 4 is 10.0 Å². The van der Waals surface area contributed by atoms with Crippen LogP contribution in [0.1, 0.15) is 16.7 Å². The molecule has 0 aliphatic carbocycles. The van der Waals surface area contributed by atoms with E-state index in [1.807, 2.05) is 62.4 Å². The molecular formula is C18H23NO3S. The Balaban J connectivity index is 1.74. The van der Waals surface area contributed by atoms with E-state index in [1.54, 1.807) is 0 Å². The Kier molecular flexibility index (Phi) is 6.19. The second kappa shape index (κ2) is 8.13. The first kappa shape index (κ1) is 17.5. The summed E-state index contributed by atoms with van der Waals surface area (Å²) in [5, 5.41) is 0. The van der Waals surface area contributed by atoms with E-state index < -0.39 is 10.0 Å². The van der Waals surface area contributed by atoms with Crippen molar-refractivity contribution in [3.63, 3.8) is 0 Å². The number of aryl methyl sites for hydroxylation is 3. The zero-order chi connectivity index (χ0) is 16.7. The summed E-state index contributed by atoms with van der Waals surface area (Å²) in [4.78, 5) is 0. The third-order valence-corrected chi connectivity index (χ3v) is 4.90. The number of hydrogen-bond acceptors (Lipinski definition) is 3. The van der Waals surface area contributed by atoms with Crippen molar-refractivity contribution in [2.45, 2.75) is 20.3 Å². The number of ether oxygens (including phenoxy) is 1. The predicted octanol–water partition coefficient (Wildman–Crippen LogP) is 2.84. The quantitative estimate of drug-likeness (QED) is 0.756. The molecule has 0 atom stereocenters. The van der Waals surface area contributed by atoms with E-state index in [0.29, 0.717) is 13.0 Å². The lowest BCUT2D eigenvalue weighted by atomic mass is 10.1. The summed E-state index contributed by atoms with van der Waals surface area (Å²) in [6.07, 6.45) is 0.508. The number of benzene rings is 2. The molecule has 2 aromatic carbocycles. The van der Waals surface area contributed by atoms with E-state index in [2.05, 4.69) is 4.72 Å². The van der Waals surface area contributed by atoms with Gasteiger partial charge in [0.1, 0.15) is 12.4 Å². The average molecular weight is 333 g/mol. The molecule has 0 saturated heterocycles. The second-order valence-electron chi connectivity index (χ2n) is 5.57. The molecule has 0 aliphatic heterocycles. The molecule has 23 heavy (non-hydrogen) atoms. The molecule has 124 valence electrons. The summed E-state index contributed by atoms with van der Waals surface area (Å²) >= 11 is 0.